The van der Waals surface area contributed by atoms with Gasteiger partial charge < -0.3 is 40.4 Å². The lowest BCUT2D eigenvalue weighted by molar-refractivity contribution is -0.244. The molecule has 0 bridgehead atoms. The number of ether oxygens (including phenoxy) is 3. The summed E-state index contributed by atoms with van der Waals surface area (Å²) in [5, 5.41) is 43.0. The van der Waals surface area contributed by atoms with Gasteiger partial charge in [0.05, 0.1) is 48.2 Å². The van der Waals surface area contributed by atoms with E-state index in [0.717, 1.165) is 0 Å². The zero-order valence-corrected chi connectivity index (χ0v) is 19.2. The third-order valence-corrected chi connectivity index (χ3v) is 7.08. The Morgan fingerprint density at radius 2 is 1.74 bits per heavy atom. The Morgan fingerprint density at radius 1 is 1.03 bits per heavy atom. The molecular formula is C25H27NO9. The quantitative estimate of drug-likeness (QED) is 0.338. The molecule has 0 radical (unpaired) electrons. The second-order valence-corrected chi connectivity index (χ2v) is 9.26. The van der Waals surface area contributed by atoms with Gasteiger partial charge in [-0.25, -0.2) is 0 Å². The molecule has 2 aromatic rings. The number of fused-ring (bicyclic) bond motifs is 3. The average molecular weight is 485 g/mol. The third kappa shape index (κ3) is 3.60. The number of aliphatic hydroxyl groups is 2. The number of ketones is 2. The van der Waals surface area contributed by atoms with Crippen molar-refractivity contribution in [2.75, 3.05) is 7.11 Å². The highest BCUT2D eigenvalue weighted by Gasteiger charge is 2.44. The van der Waals surface area contributed by atoms with Crippen LogP contribution < -0.4 is 10.5 Å². The molecule has 0 unspecified atom stereocenters. The monoisotopic (exact) mass is 485 g/mol. The van der Waals surface area contributed by atoms with Gasteiger partial charge in [-0.2, -0.15) is 0 Å². The van der Waals surface area contributed by atoms with Crippen LogP contribution in [0.5, 0.6) is 17.2 Å². The van der Waals surface area contributed by atoms with E-state index in [-0.39, 0.29) is 58.4 Å². The van der Waals surface area contributed by atoms with Crippen LogP contribution in [-0.4, -0.2) is 69.7 Å². The lowest BCUT2D eigenvalue weighted by atomic mass is 9.76. The Kier molecular flexibility index (Phi) is 5.81. The van der Waals surface area contributed by atoms with E-state index >= 15 is 0 Å². The fourth-order valence-corrected chi connectivity index (χ4v) is 5.34. The molecule has 0 aromatic heterocycles. The summed E-state index contributed by atoms with van der Waals surface area (Å²) in [6, 6.07) is 3.94. The van der Waals surface area contributed by atoms with Crippen LogP contribution in [0.1, 0.15) is 68.8 Å². The Hall–Kier alpha value is -3.02. The first-order chi connectivity index (χ1) is 16.6. The smallest absolute Gasteiger partial charge is 0.202 e. The second kappa shape index (κ2) is 8.58. The van der Waals surface area contributed by atoms with Crippen LogP contribution in [-0.2, 0) is 15.9 Å². The lowest BCUT2D eigenvalue weighted by Crippen LogP contribution is -2.52. The number of rotatable bonds is 3. The second-order valence-electron chi connectivity index (χ2n) is 9.26. The molecule has 35 heavy (non-hydrogen) atoms. The van der Waals surface area contributed by atoms with E-state index in [2.05, 4.69) is 0 Å². The maximum atomic E-state index is 13.5. The van der Waals surface area contributed by atoms with Gasteiger partial charge in [-0.15, -0.1) is 0 Å². The molecule has 0 saturated carbocycles. The van der Waals surface area contributed by atoms with Crippen LogP contribution in [0.2, 0.25) is 0 Å². The predicted octanol–water partition coefficient (Wildman–Crippen LogP) is 1.07. The van der Waals surface area contributed by atoms with Crippen molar-refractivity contribution in [1.29, 1.82) is 0 Å². The van der Waals surface area contributed by atoms with Gasteiger partial charge in [0.2, 0.25) is 5.78 Å². The summed E-state index contributed by atoms with van der Waals surface area (Å²) in [4.78, 5) is 26.8. The van der Waals surface area contributed by atoms with E-state index in [0.29, 0.717) is 0 Å². The molecule has 1 saturated heterocycles. The van der Waals surface area contributed by atoms with Crippen LogP contribution in [0.4, 0.5) is 0 Å². The number of hydrogen-bond acceptors (Lipinski definition) is 10. The molecule has 0 amide bonds. The standard InChI is InChI=1S/C25H27NO9/c1-9-21(28)13(26)8-16(34-9)35-15-7-10(27)6-12-18(15)25(32)20-19(23(12)30)22(29)11-4-3-5-14(33-2)17(11)24(20)31/h3-5,9-10,13,15-16,21,27-28,30,32H,6-8,26H2,1-2H3/t9-,10-,13+,15-,16-,21+/m0/s1. The van der Waals surface area contributed by atoms with Crippen molar-refractivity contribution in [3.63, 3.8) is 0 Å². The highest BCUT2D eigenvalue weighted by molar-refractivity contribution is 6.31. The normalized spacial score (nSPS) is 29.9. The number of benzene rings is 2. The number of aromatic hydroxyl groups is 2. The maximum absolute atomic E-state index is 13.5. The summed E-state index contributed by atoms with van der Waals surface area (Å²) >= 11 is 0. The van der Waals surface area contributed by atoms with Crippen molar-refractivity contribution in [3.8, 4) is 17.2 Å². The van der Waals surface area contributed by atoms with E-state index in [1.165, 1.54) is 19.2 Å². The average Bonchev–Trinajstić information content (AvgIpc) is 2.82. The first-order valence-corrected chi connectivity index (χ1v) is 11.4. The third-order valence-electron chi connectivity index (χ3n) is 7.08. The van der Waals surface area contributed by atoms with E-state index in [4.69, 9.17) is 19.9 Å². The number of phenols is 2. The van der Waals surface area contributed by atoms with Crippen LogP contribution in [0.3, 0.4) is 0 Å². The Bertz CT molecular complexity index is 1210. The molecule has 2 aromatic carbocycles. The largest absolute Gasteiger partial charge is 0.507 e. The number of carbonyl (C=O) groups is 2. The van der Waals surface area contributed by atoms with Crippen LogP contribution in [0, 0.1) is 0 Å². The predicted molar refractivity (Wildman–Crippen MR) is 121 cm³/mol. The van der Waals surface area contributed by atoms with Crippen molar-refractivity contribution < 1.29 is 44.2 Å². The highest BCUT2D eigenvalue weighted by Crippen LogP contribution is 2.50. The van der Waals surface area contributed by atoms with E-state index in [1.807, 2.05) is 0 Å². The fourth-order valence-electron chi connectivity index (χ4n) is 5.34. The first-order valence-electron chi connectivity index (χ1n) is 11.4. The minimum atomic E-state index is -0.966. The summed E-state index contributed by atoms with van der Waals surface area (Å²) in [7, 11) is 1.37. The molecule has 0 spiro atoms. The van der Waals surface area contributed by atoms with Gasteiger partial charge in [-0.3, -0.25) is 9.59 Å². The number of methoxy groups -OCH3 is 1. The van der Waals surface area contributed by atoms with E-state index in [1.54, 1.807) is 13.0 Å². The molecule has 2 aliphatic carbocycles. The summed E-state index contributed by atoms with van der Waals surface area (Å²) in [6.07, 6.45) is -4.09. The molecule has 1 aliphatic heterocycles. The van der Waals surface area contributed by atoms with Crippen LogP contribution in [0.25, 0.3) is 0 Å². The minimum Gasteiger partial charge on any atom is -0.507 e. The first kappa shape index (κ1) is 23.7. The van der Waals surface area contributed by atoms with Gasteiger partial charge in [-0.1, -0.05) is 12.1 Å². The Labute approximate surface area is 200 Å². The van der Waals surface area contributed by atoms with Gasteiger partial charge in [0.15, 0.2) is 12.1 Å². The van der Waals surface area contributed by atoms with Crippen molar-refractivity contribution in [2.24, 2.45) is 5.73 Å². The molecule has 1 fully saturated rings. The molecule has 3 aliphatic rings. The van der Waals surface area contributed by atoms with Crippen LogP contribution >= 0.6 is 0 Å². The zero-order chi connectivity index (χ0) is 25.2. The molecule has 186 valence electrons. The Balaban J connectivity index is 1.62. The number of hydrogen-bond donors (Lipinski definition) is 5. The number of nitrogens with two attached hydrogens (primary N) is 1. The lowest BCUT2D eigenvalue weighted by Gasteiger charge is -2.39. The summed E-state index contributed by atoms with van der Waals surface area (Å²) in [6.45, 7) is 1.65. The van der Waals surface area contributed by atoms with Gasteiger partial charge in [0.25, 0.3) is 0 Å². The van der Waals surface area contributed by atoms with Gasteiger partial charge in [0, 0.05) is 42.0 Å². The van der Waals surface area contributed by atoms with Crippen molar-refractivity contribution in [3.05, 3.63) is 51.6 Å². The SMILES string of the molecule is COc1cccc2c1C(=O)c1c(O)c3c(c(O)c1C2=O)C[C@H](O)C[C@@H]3O[C@H]1C[C@@H](N)[C@H](O)[C@H](C)O1. The maximum Gasteiger partial charge on any atom is 0.202 e. The summed E-state index contributed by atoms with van der Waals surface area (Å²) in [5.74, 6) is -2.10. The minimum absolute atomic E-state index is 0.000127. The molecular weight excluding hydrogens is 458 g/mol. The van der Waals surface area contributed by atoms with Crippen molar-refractivity contribution in [2.45, 2.75) is 62.9 Å². The van der Waals surface area contributed by atoms with Crippen LogP contribution in [0.15, 0.2) is 18.2 Å². The molecule has 10 heteroatoms. The molecule has 6 atom stereocenters. The highest BCUT2D eigenvalue weighted by atomic mass is 16.7. The van der Waals surface area contributed by atoms with E-state index < -0.39 is 59.8 Å². The van der Waals surface area contributed by atoms with Gasteiger partial charge in [-0.05, 0) is 13.0 Å². The van der Waals surface area contributed by atoms with Crippen molar-refractivity contribution in [1.82, 2.24) is 0 Å². The summed E-state index contributed by atoms with van der Waals surface area (Å²) in [5.41, 5.74) is 5.64. The molecule has 1 heterocycles. The Morgan fingerprint density at radius 3 is 2.43 bits per heavy atom. The van der Waals surface area contributed by atoms with Crippen molar-refractivity contribution >= 4 is 11.6 Å². The molecule has 5 rings (SSSR count). The summed E-state index contributed by atoms with van der Waals surface area (Å²) < 4.78 is 17.0. The zero-order valence-electron chi connectivity index (χ0n) is 19.2. The van der Waals surface area contributed by atoms with E-state index in [9.17, 15) is 30.0 Å². The topological polar surface area (TPSA) is 169 Å². The molecule has 10 nitrogen and oxygen atoms in total. The van der Waals surface area contributed by atoms with Gasteiger partial charge in [0.1, 0.15) is 17.2 Å². The number of aliphatic hydroxyl groups excluding tert-OH is 2. The van der Waals surface area contributed by atoms with Gasteiger partial charge >= 0.3 is 0 Å². The number of phenolic OH excluding ortho intramolecular Hbond substituents is 2. The molecule has 6 N–H and O–H groups in total. The number of carbonyl (C=O) groups excluding carboxylic acids is 2. The fraction of sp³-hybridized carbons (Fsp3) is 0.440.